The van der Waals surface area contributed by atoms with Crippen LogP contribution in [0.25, 0.3) is 0 Å². The molecule has 4 rings (SSSR count). The van der Waals surface area contributed by atoms with Crippen LogP contribution >= 0.6 is 0 Å². The van der Waals surface area contributed by atoms with Crippen LogP contribution in [0.4, 0.5) is 4.79 Å². The van der Waals surface area contributed by atoms with Gasteiger partial charge in [-0.1, -0.05) is 60.4 Å². The molecular formula is C29H37NO5. The molecule has 2 unspecified atom stereocenters. The fraction of sp³-hybridized carbons (Fsp3) is 0.483. The maximum Gasteiger partial charge on any atom is 0.410 e. The lowest BCUT2D eigenvalue weighted by Crippen LogP contribution is -2.45. The molecule has 2 saturated heterocycles. The summed E-state index contributed by atoms with van der Waals surface area (Å²) in [5.41, 5.74) is 0.0000203. The molecule has 0 aromatic heterocycles. The van der Waals surface area contributed by atoms with Crippen molar-refractivity contribution in [3.05, 3.63) is 71.8 Å². The molecule has 2 aliphatic rings. The number of hydrogen-bond acceptors (Lipinski definition) is 5. The topological polar surface area (TPSA) is 79.2 Å². The van der Waals surface area contributed by atoms with E-state index in [9.17, 15) is 15.0 Å². The van der Waals surface area contributed by atoms with E-state index in [2.05, 4.69) is 11.8 Å². The van der Waals surface area contributed by atoms with E-state index in [1.807, 2.05) is 67.6 Å². The number of carbonyl (C=O) groups excluding carboxylic acids is 1. The van der Waals surface area contributed by atoms with Crippen molar-refractivity contribution in [2.24, 2.45) is 0 Å². The van der Waals surface area contributed by atoms with Gasteiger partial charge in [0.05, 0.1) is 24.9 Å². The molecule has 2 atom stereocenters. The van der Waals surface area contributed by atoms with Crippen LogP contribution in [0.5, 0.6) is 0 Å². The Bertz CT molecular complexity index is 955. The van der Waals surface area contributed by atoms with Crippen molar-refractivity contribution in [1.29, 1.82) is 0 Å². The van der Waals surface area contributed by atoms with Crippen LogP contribution in [0.15, 0.2) is 60.7 Å². The van der Waals surface area contributed by atoms with E-state index in [0.717, 1.165) is 11.1 Å². The Morgan fingerprint density at radius 2 is 1.66 bits per heavy atom. The molecule has 0 bridgehead atoms. The summed E-state index contributed by atoms with van der Waals surface area (Å²) in [6.45, 7) is 7.08. The highest BCUT2D eigenvalue weighted by molar-refractivity contribution is 5.69. The fourth-order valence-corrected chi connectivity index (χ4v) is 4.13. The molecule has 6 heteroatoms. The highest BCUT2D eigenvalue weighted by atomic mass is 16.6. The number of aliphatic hydroxyl groups is 2. The van der Waals surface area contributed by atoms with Crippen LogP contribution in [-0.4, -0.2) is 58.3 Å². The first kappa shape index (κ1) is 26.7. The number of nitrogens with zero attached hydrogens (tertiary/aromatic N) is 1. The third-order valence-corrected chi connectivity index (χ3v) is 6.21. The minimum atomic E-state index is -0.971. The van der Waals surface area contributed by atoms with E-state index in [0.29, 0.717) is 45.4 Å². The van der Waals surface area contributed by atoms with Crippen LogP contribution in [0, 0.1) is 11.8 Å². The minimum Gasteiger partial charge on any atom is -0.446 e. The number of ether oxygens (including phenoxy) is 2. The summed E-state index contributed by atoms with van der Waals surface area (Å²) < 4.78 is 10.8. The number of carbonyl (C=O) groups is 1. The van der Waals surface area contributed by atoms with Crippen molar-refractivity contribution in [3.63, 3.8) is 0 Å². The Balaban J connectivity index is 0.000000497. The van der Waals surface area contributed by atoms with Gasteiger partial charge in [0.2, 0.25) is 0 Å². The Morgan fingerprint density at radius 3 is 2.17 bits per heavy atom. The molecular weight excluding hydrogens is 442 g/mol. The van der Waals surface area contributed by atoms with Crippen LogP contribution in [0.1, 0.15) is 63.6 Å². The quantitative estimate of drug-likeness (QED) is 0.622. The molecule has 2 aliphatic heterocycles. The molecule has 2 heterocycles. The highest BCUT2D eigenvalue weighted by Crippen LogP contribution is 2.28. The lowest BCUT2D eigenvalue weighted by molar-refractivity contribution is -0.0310. The normalized spacial score (nSPS) is 20.4. The lowest BCUT2D eigenvalue weighted by atomic mass is 9.94. The van der Waals surface area contributed by atoms with Gasteiger partial charge >= 0.3 is 6.09 Å². The molecule has 2 N–H and O–H groups in total. The molecule has 188 valence electrons. The van der Waals surface area contributed by atoms with Crippen LogP contribution < -0.4 is 0 Å². The number of benzene rings is 2. The zero-order chi connectivity index (χ0) is 25.3. The fourth-order valence-electron chi connectivity index (χ4n) is 4.13. The van der Waals surface area contributed by atoms with Gasteiger partial charge in [0.15, 0.2) is 0 Å². The Kier molecular flexibility index (Phi) is 9.33. The number of hydrogen-bond donors (Lipinski definition) is 2. The minimum absolute atomic E-state index is 0.118. The van der Waals surface area contributed by atoms with Gasteiger partial charge in [-0.05, 0) is 38.5 Å². The zero-order valence-electron chi connectivity index (χ0n) is 20.9. The number of amides is 1. The largest absolute Gasteiger partial charge is 0.446 e. The number of cyclic esters (lactones) is 1. The molecule has 0 radical (unpaired) electrons. The van der Waals surface area contributed by atoms with Gasteiger partial charge in [-0.25, -0.2) is 4.79 Å². The Hall–Kier alpha value is -2.85. The average Bonchev–Trinajstić information content (AvgIpc) is 2.84. The molecule has 1 amide bonds. The summed E-state index contributed by atoms with van der Waals surface area (Å²) in [6, 6.07) is 19.6. The van der Waals surface area contributed by atoms with Gasteiger partial charge in [-0.3, -0.25) is 0 Å². The molecule has 6 nitrogen and oxygen atoms in total. The Morgan fingerprint density at radius 1 is 1.09 bits per heavy atom. The van der Waals surface area contributed by atoms with Crippen LogP contribution in [0.2, 0.25) is 0 Å². The van der Waals surface area contributed by atoms with Crippen molar-refractivity contribution < 1.29 is 24.5 Å². The van der Waals surface area contributed by atoms with E-state index in [1.54, 1.807) is 18.7 Å². The molecule has 0 aliphatic carbocycles. The number of rotatable bonds is 4. The summed E-state index contributed by atoms with van der Waals surface area (Å²) in [5, 5.41) is 20.4. The van der Waals surface area contributed by atoms with Crippen LogP contribution in [0.3, 0.4) is 0 Å². The Labute approximate surface area is 208 Å². The maximum atomic E-state index is 12.4. The van der Waals surface area contributed by atoms with Gasteiger partial charge in [0.1, 0.15) is 11.7 Å². The van der Waals surface area contributed by atoms with E-state index in [1.165, 1.54) is 0 Å². The summed E-state index contributed by atoms with van der Waals surface area (Å²) >= 11 is 0. The SMILES string of the molecule is CC(c1ccc(C#CC2(O)CCOCC2)cc1)N1CCC(CC(C)(C)O)OC1=O.c1ccccc1. The second-order valence-electron chi connectivity index (χ2n) is 9.85. The molecule has 2 aromatic rings. The second-order valence-corrected chi connectivity index (χ2v) is 9.85. The predicted octanol–water partition coefficient (Wildman–Crippen LogP) is 4.70. The van der Waals surface area contributed by atoms with Gasteiger partial charge in [-0.15, -0.1) is 0 Å². The van der Waals surface area contributed by atoms with E-state index < -0.39 is 11.2 Å². The van der Waals surface area contributed by atoms with Gasteiger partial charge in [0.25, 0.3) is 0 Å². The summed E-state index contributed by atoms with van der Waals surface area (Å²) in [4.78, 5) is 14.2. The van der Waals surface area contributed by atoms with Gasteiger partial charge in [0, 0.05) is 37.8 Å². The van der Waals surface area contributed by atoms with Crippen molar-refractivity contribution in [2.75, 3.05) is 19.8 Å². The molecule has 0 saturated carbocycles. The van der Waals surface area contributed by atoms with Gasteiger partial charge < -0.3 is 24.6 Å². The molecule has 2 aromatic carbocycles. The third kappa shape index (κ3) is 8.70. The first-order valence-corrected chi connectivity index (χ1v) is 12.3. The van der Waals surface area contributed by atoms with E-state index in [4.69, 9.17) is 9.47 Å². The third-order valence-electron chi connectivity index (χ3n) is 6.21. The summed E-state index contributed by atoms with van der Waals surface area (Å²) in [7, 11) is 0. The standard InChI is InChI=1S/C23H31NO5.C6H6/c1-17(24-13-9-20(29-21(24)25)16-22(2,3)26)19-6-4-18(5-7-19)8-10-23(27)11-14-28-15-12-23;1-2-4-6-5-3-1/h4-7,17,20,26-27H,9,11-16H2,1-3H3;1-6H. The van der Waals surface area contributed by atoms with Crippen molar-refractivity contribution >= 4 is 6.09 Å². The second kappa shape index (κ2) is 12.2. The predicted molar refractivity (Wildman–Crippen MR) is 136 cm³/mol. The van der Waals surface area contributed by atoms with Gasteiger partial charge in [-0.2, -0.15) is 0 Å². The zero-order valence-corrected chi connectivity index (χ0v) is 20.9. The maximum absolute atomic E-state index is 12.4. The van der Waals surface area contributed by atoms with E-state index in [-0.39, 0.29) is 18.2 Å². The first-order chi connectivity index (χ1) is 16.7. The van der Waals surface area contributed by atoms with Crippen LogP contribution in [-0.2, 0) is 9.47 Å². The molecule has 2 fully saturated rings. The van der Waals surface area contributed by atoms with Crippen molar-refractivity contribution in [2.45, 2.75) is 69.8 Å². The van der Waals surface area contributed by atoms with Crippen molar-refractivity contribution in [1.82, 2.24) is 4.90 Å². The van der Waals surface area contributed by atoms with Crippen molar-refractivity contribution in [3.8, 4) is 11.8 Å². The monoisotopic (exact) mass is 479 g/mol. The first-order valence-electron chi connectivity index (χ1n) is 12.3. The smallest absolute Gasteiger partial charge is 0.410 e. The average molecular weight is 480 g/mol. The highest BCUT2D eigenvalue weighted by Gasteiger charge is 2.33. The summed E-state index contributed by atoms with van der Waals surface area (Å²) in [5.74, 6) is 6.03. The molecule has 35 heavy (non-hydrogen) atoms. The van der Waals surface area contributed by atoms with E-state index >= 15 is 0 Å². The summed E-state index contributed by atoms with van der Waals surface area (Å²) in [6.07, 6.45) is 1.60. The lowest BCUT2D eigenvalue weighted by Gasteiger charge is -2.37. The molecule has 0 spiro atoms.